The fourth-order valence-electron chi connectivity index (χ4n) is 2.70. The van der Waals surface area contributed by atoms with Crippen molar-refractivity contribution < 1.29 is 9.53 Å². The molecule has 0 aromatic carbocycles. The van der Waals surface area contributed by atoms with Gasteiger partial charge in [0.25, 0.3) is 0 Å². The molecular formula is C15H20N4O2S3. The number of esters is 1. The van der Waals surface area contributed by atoms with Crippen molar-refractivity contribution in [3.8, 4) is 10.7 Å². The summed E-state index contributed by atoms with van der Waals surface area (Å²) in [6.45, 7) is 5.02. The van der Waals surface area contributed by atoms with Crippen LogP contribution in [0.25, 0.3) is 10.7 Å². The van der Waals surface area contributed by atoms with E-state index in [-0.39, 0.29) is 11.2 Å². The van der Waals surface area contributed by atoms with Gasteiger partial charge in [-0.15, -0.1) is 28.2 Å². The Morgan fingerprint density at radius 3 is 3.04 bits per heavy atom. The Hall–Kier alpha value is -1.16. The van der Waals surface area contributed by atoms with Crippen LogP contribution in [0.1, 0.15) is 6.92 Å². The number of nitrogens with zero attached hydrogens (tertiary/aromatic N) is 4. The summed E-state index contributed by atoms with van der Waals surface area (Å²) in [5.41, 5.74) is 0. The number of carbonyl (C=O) groups is 1. The van der Waals surface area contributed by atoms with Gasteiger partial charge in [0.2, 0.25) is 0 Å². The molecule has 0 spiro atoms. The van der Waals surface area contributed by atoms with Crippen LogP contribution >= 0.6 is 35.3 Å². The molecule has 1 saturated heterocycles. The molecule has 2 aromatic heterocycles. The van der Waals surface area contributed by atoms with Gasteiger partial charge in [0, 0.05) is 25.4 Å². The highest BCUT2D eigenvalue weighted by Crippen LogP contribution is 2.24. The Morgan fingerprint density at radius 2 is 2.38 bits per heavy atom. The molecule has 1 aliphatic rings. The molecule has 0 radical (unpaired) electrons. The number of thiophene rings is 1. The van der Waals surface area contributed by atoms with Gasteiger partial charge < -0.3 is 4.74 Å². The Balaban J connectivity index is 1.80. The van der Waals surface area contributed by atoms with E-state index < -0.39 is 0 Å². The van der Waals surface area contributed by atoms with Crippen LogP contribution in [0.4, 0.5) is 0 Å². The van der Waals surface area contributed by atoms with Gasteiger partial charge in [-0.05, 0) is 30.6 Å². The van der Waals surface area contributed by atoms with Crippen molar-refractivity contribution in [2.75, 3.05) is 26.0 Å². The van der Waals surface area contributed by atoms with E-state index in [4.69, 9.17) is 22.1 Å². The maximum Gasteiger partial charge on any atom is 0.320 e. The van der Waals surface area contributed by atoms with Gasteiger partial charge in [-0.2, -0.15) is 0 Å². The molecule has 9 heteroatoms. The number of methoxy groups -OCH3 is 1. The Labute approximate surface area is 154 Å². The molecule has 0 bridgehead atoms. The Morgan fingerprint density at radius 1 is 1.54 bits per heavy atom. The molecule has 0 amide bonds. The van der Waals surface area contributed by atoms with Crippen molar-refractivity contribution in [3.63, 3.8) is 0 Å². The fourth-order valence-corrected chi connectivity index (χ4v) is 4.93. The summed E-state index contributed by atoms with van der Waals surface area (Å²) >= 11 is 8.91. The Kier molecular flexibility index (Phi) is 5.75. The number of hydrogen-bond acceptors (Lipinski definition) is 7. The average Bonchev–Trinajstić information content (AvgIpc) is 3.23. The summed E-state index contributed by atoms with van der Waals surface area (Å²) in [5.74, 6) is 1.65. The van der Waals surface area contributed by atoms with Crippen molar-refractivity contribution in [2.24, 2.45) is 0 Å². The highest BCUT2D eigenvalue weighted by atomic mass is 32.2. The summed E-state index contributed by atoms with van der Waals surface area (Å²) in [5, 5.41) is 6.63. The van der Waals surface area contributed by atoms with Crippen molar-refractivity contribution in [1.82, 2.24) is 19.2 Å². The number of aromatic nitrogens is 3. The third kappa shape index (κ3) is 3.58. The lowest BCUT2D eigenvalue weighted by molar-refractivity contribution is -0.140. The van der Waals surface area contributed by atoms with Gasteiger partial charge >= 0.3 is 5.97 Å². The highest BCUT2D eigenvalue weighted by molar-refractivity contribution is 8.00. The molecule has 0 N–H and O–H groups in total. The van der Waals surface area contributed by atoms with Crippen LogP contribution in [0.3, 0.4) is 0 Å². The summed E-state index contributed by atoms with van der Waals surface area (Å²) in [7, 11) is 1.44. The minimum Gasteiger partial charge on any atom is -0.468 e. The maximum absolute atomic E-state index is 11.8. The molecule has 24 heavy (non-hydrogen) atoms. The summed E-state index contributed by atoms with van der Waals surface area (Å²) in [4.78, 5) is 15.1. The van der Waals surface area contributed by atoms with Crippen LogP contribution < -0.4 is 0 Å². The molecular weight excluding hydrogens is 364 g/mol. The zero-order valence-corrected chi connectivity index (χ0v) is 16.1. The minimum absolute atomic E-state index is 0.136. The summed E-state index contributed by atoms with van der Waals surface area (Å²) in [6, 6.07) is 4.08. The van der Waals surface area contributed by atoms with Crippen molar-refractivity contribution >= 4 is 41.3 Å². The van der Waals surface area contributed by atoms with Gasteiger partial charge in [-0.3, -0.25) is 14.3 Å². The SMILES string of the molecule is CCn1c(-c2cccs2)nn(CN2CCS[C@@H](C(=O)OC)C2)c1=S. The van der Waals surface area contributed by atoms with Crippen LogP contribution in [0.2, 0.25) is 0 Å². The fraction of sp³-hybridized carbons (Fsp3) is 0.533. The smallest absolute Gasteiger partial charge is 0.320 e. The molecule has 130 valence electrons. The number of hydrogen-bond donors (Lipinski definition) is 0. The molecule has 3 rings (SSSR count). The lowest BCUT2D eigenvalue weighted by atomic mass is 10.3. The largest absolute Gasteiger partial charge is 0.468 e. The quantitative estimate of drug-likeness (QED) is 0.584. The molecule has 6 nitrogen and oxygen atoms in total. The second-order valence-corrected chi connectivity index (χ2v) is 8.05. The third-order valence-corrected chi connectivity index (χ3v) is 6.39. The topological polar surface area (TPSA) is 52.3 Å². The molecule has 1 aliphatic heterocycles. The summed E-state index contributed by atoms with van der Waals surface area (Å²) in [6.07, 6.45) is 0. The molecule has 2 aromatic rings. The first-order valence-corrected chi connectivity index (χ1v) is 10.1. The molecule has 0 saturated carbocycles. The Bertz CT molecular complexity index is 753. The second kappa shape index (κ2) is 7.81. The number of carbonyl (C=O) groups excluding carboxylic acids is 1. The number of ether oxygens (including phenoxy) is 1. The van der Waals surface area contributed by atoms with Gasteiger partial charge in [0.15, 0.2) is 10.6 Å². The van der Waals surface area contributed by atoms with Gasteiger partial charge in [0.1, 0.15) is 5.25 Å². The standard InChI is InChI=1S/C15H20N4O2S3/c1-3-18-13(11-5-4-7-23-11)16-19(15(18)22)10-17-6-8-24-12(9-17)14(20)21-2/h4-5,7,12H,3,6,8-10H2,1-2H3/t12-/m1/s1. The maximum atomic E-state index is 11.8. The minimum atomic E-state index is -0.161. The highest BCUT2D eigenvalue weighted by Gasteiger charge is 2.27. The first kappa shape index (κ1) is 17.7. The van der Waals surface area contributed by atoms with Crippen molar-refractivity contribution in [2.45, 2.75) is 25.4 Å². The lowest BCUT2D eigenvalue weighted by Crippen LogP contribution is -2.42. The predicted molar refractivity (Wildman–Crippen MR) is 99.9 cm³/mol. The van der Waals surface area contributed by atoms with E-state index in [0.717, 1.165) is 29.5 Å². The van der Waals surface area contributed by atoms with Gasteiger partial charge in [-0.25, -0.2) is 4.68 Å². The normalized spacial score (nSPS) is 18.7. The van der Waals surface area contributed by atoms with E-state index in [9.17, 15) is 4.79 Å². The van der Waals surface area contributed by atoms with E-state index in [0.29, 0.717) is 18.0 Å². The number of thioether (sulfide) groups is 1. The molecule has 0 unspecified atom stereocenters. The van der Waals surface area contributed by atoms with Crippen LogP contribution in [0.15, 0.2) is 17.5 Å². The molecule has 3 heterocycles. The zero-order chi connectivity index (χ0) is 17.1. The second-order valence-electron chi connectivity index (χ2n) is 5.43. The molecule has 1 fully saturated rings. The van der Waals surface area contributed by atoms with Crippen LogP contribution in [-0.2, 0) is 22.7 Å². The lowest BCUT2D eigenvalue weighted by Gasteiger charge is -2.30. The van der Waals surface area contributed by atoms with Crippen LogP contribution in [0, 0.1) is 4.77 Å². The zero-order valence-electron chi connectivity index (χ0n) is 13.7. The predicted octanol–water partition coefficient (Wildman–Crippen LogP) is 2.71. The summed E-state index contributed by atoms with van der Waals surface area (Å²) < 4.78 is 9.50. The monoisotopic (exact) mass is 384 g/mol. The number of rotatable bonds is 5. The third-order valence-electron chi connectivity index (χ3n) is 3.93. The molecule has 1 atom stereocenters. The van der Waals surface area contributed by atoms with E-state index in [1.54, 1.807) is 23.1 Å². The van der Waals surface area contributed by atoms with E-state index in [2.05, 4.69) is 22.5 Å². The molecule has 0 aliphatic carbocycles. The van der Waals surface area contributed by atoms with E-state index in [1.807, 2.05) is 16.1 Å². The van der Waals surface area contributed by atoms with Crippen molar-refractivity contribution in [1.29, 1.82) is 0 Å². The first-order chi connectivity index (χ1) is 11.6. The van der Waals surface area contributed by atoms with E-state index >= 15 is 0 Å². The van der Waals surface area contributed by atoms with Crippen LogP contribution in [-0.4, -0.2) is 56.4 Å². The van der Waals surface area contributed by atoms with Crippen molar-refractivity contribution in [3.05, 3.63) is 22.3 Å². The van der Waals surface area contributed by atoms with Gasteiger partial charge in [-0.1, -0.05) is 6.07 Å². The van der Waals surface area contributed by atoms with Gasteiger partial charge in [0.05, 0.1) is 18.7 Å². The van der Waals surface area contributed by atoms with Crippen LogP contribution in [0.5, 0.6) is 0 Å². The first-order valence-electron chi connectivity index (χ1n) is 7.77. The average molecular weight is 385 g/mol. The van der Waals surface area contributed by atoms with E-state index in [1.165, 1.54) is 7.11 Å².